The predicted molar refractivity (Wildman–Crippen MR) is 163 cm³/mol. The first-order chi connectivity index (χ1) is 20.1. The van der Waals surface area contributed by atoms with Gasteiger partial charge in [0.25, 0.3) is 0 Å². The van der Waals surface area contributed by atoms with E-state index in [9.17, 15) is 9.90 Å². The van der Waals surface area contributed by atoms with Gasteiger partial charge < -0.3 is 25.1 Å². The number of ether oxygens (including phenoxy) is 3. The zero-order chi connectivity index (χ0) is 29.9. The Morgan fingerprint density at radius 2 is 1.69 bits per heavy atom. The van der Waals surface area contributed by atoms with Crippen molar-refractivity contribution in [2.75, 3.05) is 13.1 Å². The van der Waals surface area contributed by atoms with Crippen LogP contribution in [0.2, 0.25) is 0 Å². The number of benzene rings is 3. The molecule has 0 saturated carbocycles. The Morgan fingerprint density at radius 1 is 0.976 bits per heavy atom. The summed E-state index contributed by atoms with van der Waals surface area (Å²) in [6.45, 7) is 9.81. The van der Waals surface area contributed by atoms with E-state index in [0.717, 1.165) is 52.8 Å². The van der Waals surface area contributed by atoms with Crippen molar-refractivity contribution in [1.82, 2.24) is 4.90 Å². The van der Waals surface area contributed by atoms with Gasteiger partial charge in [0.1, 0.15) is 11.6 Å². The zero-order valence-corrected chi connectivity index (χ0v) is 25.2. The standard InChI is InChI=1S/C35H44N2O5/c1-23-31(21-37-18-6-9-30(37)33(39)42-35(2,3)4)40-34(41-32(23)27-12-10-24(22-38)11-13-27)28-16-14-26(15-17-28)29-8-5-7-25(19-29)20-36/h5,7-8,10-17,19,23,30-32,34,38H,6,9,18,20-22,36H2,1-4H3/t23-,30+,31+,32+,34+/m1/s1. The molecule has 0 aliphatic carbocycles. The third kappa shape index (κ3) is 7.10. The summed E-state index contributed by atoms with van der Waals surface area (Å²) in [7, 11) is 0. The molecule has 0 bridgehead atoms. The highest BCUT2D eigenvalue weighted by atomic mass is 16.7. The lowest BCUT2D eigenvalue weighted by atomic mass is 9.89. The highest BCUT2D eigenvalue weighted by Gasteiger charge is 2.42. The molecule has 7 heteroatoms. The highest BCUT2D eigenvalue weighted by Crippen LogP contribution is 2.42. The average Bonchev–Trinajstić information content (AvgIpc) is 3.46. The second-order valence-corrected chi connectivity index (χ2v) is 12.5. The van der Waals surface area contributed by atoms with Crippen LogP contribution in [0.3, 0.4) is 0 Å². The maximum absolute atomic E-state index is 13.1. The van der Waals surface area contributed by atoms with Crippen molar-refractivity contribution in [2.24, 2.45) is 11.7 Å². The molecule has 224 valence electrons. The molecule has 2 saturated heterocycles. The fraction of sp³-hybridized carbons (Fsp3) is 0.457. The molecular formula is C35H44N2O5. The molecule has 2 fully saturated rings. The van der Waals surface area contributed by atoms with Crippen molar-refractivity contribution in [2.45, 2.75) is 83.8 Å². The lowest BCUT2D eigenvalue weighted by molar-refractivity contribution is -0.276. The van der Waals surface area contributed by atoms with Gasteiger partial charge in [0, 0.05) is 24.6 Å². The lowest BCUT2D eigenvalue weighted by Crippen LogP contribution is -2.48. The Labute approximate surface area is 249 Å². The van der Waals surface area contributed by atoms with E-state index in [2.05, 4.69) is 48.2 Å². The van der Waals surface area contributed by atoms with Gasteiger partial charge in [-0.3, -0.25) is 9.69 Å². The Balaban J connectivity index is 1.40. The number of hydrogen-bond acceptors (Lipinski definition) is 7. The van der Waals surface area contributed by atoms with Crippen molar-refractivity contribution < 1.29 is 24.1 Å². The number of carbonyl (C=O) groups is 1. The van der Waals surface area contributed by atoms with E-state index in [4.69, 9.17) is 19.9 Å². The Hall–Kier alpha value is -3.07. The van der Waals surface area contributed by atoms with Crippen LogP contribution in [0.1, 0.15) is 75.2 Å². The summed E-state index contributed by atoms with van der Waals surface area (Å²) in [6.07, 6.45) is 0.777. The van der Waals surface area contributed by atoms with Crippen LogP contribution < -0.4 is 5.73 Å². The van der Waals surface area contributed by atoms with Crippen LogP contribution in [0.4, 0.5) is 0 Å². The second-order valence-electron chi connectivity index (χ2n) is 12.5. The molecule has 3 aromatic rings. The molecule has 0 unspecified atom stereocenters. The molecule has 5 atom stereocenters. The van der Waals surface area contributed by atoms with Crippen LogP contribution in [-0.2, 0) is 32.2 Å². The molecule has 42 heavy (non-hydrogen) atoms. The quantitative estimate of drug-likeness (QED) is 0.325. The van der Waals surface area contributed by atoms with Gasteiger partial charge in [-0.15, -0.1) is 0 Å². The van der Waals surface area contributed by atoms with Crippen LogP contribution >= 0.6 is 0 Å². The van der Waals surface area contributed by atoms with Crippen LogP contribution in [0, 0.1) is 5.92 Å². The number of aliphatic hydroxyl groups is 1. The molecule has 0 spiro atoms. The SMILES string of the molecule is C[C@@H]1[C@H](CN2CCC[C@H]2C(=O)OC(C)(C)C)O[C@H](c2ccc(-c3cccc(CN)c3)cc2)O[C@@H]1c1ccc(CO)cc1. The lowest BCUT2D eigenvalue weighted by Gasteiger charge is -2.43. The van der Waals surface area contributed by atoms with E-state index >= 15 is 0 Å². The zero-order valence-electron chi connectivity index (χ0n) is 25.2. The van der Waals surface area contributed by atoms with Crippen LogP contribution in [0.5, 0.6) is 0 Å². The van der Waals surface area contributed by atoms with E-state index in [1.807, 2.05) is 57.2 Å². The summed E-state index contributed by atoms with van der Waals surface area (Å²) in [6, 6.07) is 24.2. The monoisotopic (exact) mass is 572 g/mol. The third-order valence-electron chi connectivity index (χ3n) is 8.26. The van der Waals surface area contributed by atoms with Gasteiger partial charge in [-0.05, 0) is 74.0 Å². The number of likely N-dealkylation sites (tertiary alicyclic amines) is 1. The van der Waals surface area contributed by atoms with Gasteiger partial charge >= 0.3 is 5.97 Å². The van der Waals surface area contributed by atoms with Gasteiger partial charge in [0.05, 0.1) is 18.8 Å². The van der Waals surface area contributed by atoms with Crippen molar-refractivity contribution in [3.63, 3.8) is 0 Å². The summed E-state index contributed by atoms with van der Waals surface area (Å²) in [4.78, 5) is 15.3. The number of nitrogens with two attached hydrogens (primary N) is 1. The smallest absolute Gasteiger partial charge is 0.323 e. The second kappa shape index (κ2) is 13.1. The maximum atomic E-state index is 13.1. The molecule has 0 amide bonds. The number of rotatable bonds is 8. The molecule has 2 aliphatic rings. The van der Waals surface area contributed by atoms with Gasteiger partial charge in [0.2, 0.25) is 0 Å². The topological polar surface area (TPSA) is 94.3 Å². The Morgan fingerprint density at radius 3 is 2.36 bits per heavy atom. The number of hydrogen-bond donors (Lipinski definition) is 2. The van der Waals surface area contributed by atoms with E-state index in [1.54, 1.807) is 0 Å². The first-order valence-electron chi connectivity index (χ1n) is 15.0. The summed E-state index contributed by atoms with van der Waals surface area (Å²) in [5, 5.41) is 9.56. The number of carbonyl (C=O) groups excluding carboxylic acids is 1. The first kappa shape index (κ1) is 30.4. The fourth-order valence-corrected chi connectivity index (χ4v) is 5.95. The van der Waals surface area contributed by atoms with Crippen molar-refractivity contribution in [3.8, 4) is 11.1 Å². The van der Waals surface area contributed by atoms with Gasteiger partial charge in [-0.1, -0.05) is 73.7 Å². The normalized spacial score (nSPS) is 25.0. The van der Waals surface area contributed by atoms with Gasteiger partial charge in [-0.2, -0.15) is 0 Å². The summed E-state index contributed by atoms with van der Waals surface area (Å²) < 4.78 is 19.1. The maximum Gasteiger partial charge on any atom is 0.323 e. The van der Waals surface area contributed by atoms with Crippen LogP contribution in [0.25, 0.3) is 11.1 Å². The van der Waals surface area contributed by atoms with Crippen molar-refractivity contribution in [1.29, 1.82) is 0 Å². The van der Waals surface area contributed by atoms with Crippen molar-refractivity contribution >= 4 is 5.97 Å². The molecule has 2 aliphatic heterocycles. The van der Waals surface area contributed by atoms with E-state index in [-0.39, 0.29) is 36.7 Å². The number of aliphatic hydroxyl groups excluding tert-OH is 1. The molecular weight excluding hydrogens is 528 g/mol. The predicted octanol–water partition coefficient (Wildman–Crippen LogP) is 5.90. The van der Waals surface area contributed by atoms with E-state index in [0.29, 0.717) is 13.1 Å². The minimum Gasteiger partial charge on any atom is -0.459 e. The molecule has 0 radical (unpaired) electrons. The third-order valence-corrected chi connectivity index (χ3v) is 8.26. The molecule has 2 heterocycles. The molecule has 3 aromatic carbocycles. The van der Waals surface area contributed by atoms with Crippen LogP contribution in [0.15, 0.2) is 72.8 Å². The largest absolute Gasteiger partial charge is 0.459 e. The van der Waals surface area contributed by atoms with Gasteiger partial charge in [-0.25, -0.2) is 0 Å². The summed E-state index contributed by atoms with van der Waals surface area (Å²) in [5.74, 6) is -0.138. The summed E-state index contributed by atoms with van der Waals surface area (Å²) >= 11 is 0. The van der Waals surface area contributed by atoms with Crippen molar-refractivity contribution in [3.05, 3.63) is 95.1 Å². The number of esters is 1. The molecule has 3 N–H and O–H groups in total. The molecule has 5 rings (SSSR count). The fourth-order valence-electron chi connectivity index (χ4n) is 5.95. The summed E-state index contributed by atoms with van der Waals surface area (Å²) in [5.41, 5.74) is 11.5. The van der Waals surface area contributed by atoms with Crippen LogP contribution in [-0.4, -0.2) is 46.8 Å². The van der Waals surface area contributed by atoms with Gasteiger partial charge in [0.15, 0.2) is 6.29 Å². The molecule has 0 aromatic heterocycles. The number of nitrogens with zero attached hydrogens (tertiary/aromatic N) is 1. The Kier molecular flexibility index (Phi) is 9.45. The van der Waals surface area contributed by atoms with E-state index < -0.39 is 11.9 Å². The average molecular weight is 573 g/mol. The molecule has 7 nitrogen and oxygen atoms in total. The minimum atomic E-state index is -0.569. The minimum absolute atomic E-state index is 0.00271. The Bertz CT molecular complexity index is 1330. The first-order valence-corrected chi connectivity index (χ1v) is 15.0. The highest BCUT2D eigenvalue weighted by molar-refractivity contribution is 5.76. The van der Waals surface area contributed by atoms with E-state index in [1.165, 1.54) is 0 Å².